The van der Waals surface area contributed by atoms with Gasteiger partial charge < -0.3 is 9.84 Å². The van der Waals surface area contributed by atoms with Crippen LogP contribution in [0.15, 0.2) is 47.0 Å². The summed E-state index contributed by atoms with van der Waals surface area (Å²) in [7, 11) is 0. The lowest BCUT2D eigenvalue weighted by molar-refractivity contribution is 0.0949. The van der Waals surface area contributed by atoms with Gasteiger partial charge in [-0.05, 0) is 45.2 Å². The highest BCUT2D eigenvalue weighted by Crippen LogP contribution is 2.47. The Morgan fingerprint density at radius 1 is 1.19 bits per heavy atom. The van der Waals surface area contributed by atoms with Gasteiger partial charge in [-0.15, -0.1) is 0 Å². The zero-order valence-corrected chi connectivity index (χ0v) is 15.4. The summed E-state index contributed by atoms with van der Waals surface area (Å²) < 4.78 is 7.13. The Kier molecular flexibility index (Phi) is 3.94. The number of carbonyl (C=O) groups is 1. The molecule has 2 aromatic heterocycles. The van der Waals surface area contributed by atoms with Gasteiger partial charge in [-0.2, -0.15) is 0 Å². The topological polar surface area (TPSA) is 60.1 Å². The summed E-state index contributed by atoms with van der Waals surface area (Å²) in [6.07, 6.45) is 2.24. The fraction of sp³-hybridized carbons (Fsp3) is 0.333. The lowest BCUT2D eigenvalue weighted by atomic mass is 9.96. The summed E-state index contributed by atoms with van der Waals surface area (Å²) >= 11 is 0. The second kappa shape index (κ2) is 6.16. The van der Waals surface area contributed by atoms with Gasteiger partial charge in [0, 0.05) is 29.4 Å². The zero-order valence-electron chi connectivity index (χ0n) is 15.4. The zero-order chi connectivity index (χ0) is 18.3. The number of amides is 1. The number of aromatic nitrogens is 2. The first-order valence-corrected chi connectivity index (χ1v) is 8.96. The maximum Gasteiger partial charge on any atom is 0.253 e. The van der Waals surface area contributed by atoms with Crippen molar-refractivity contribution in [1.82, 2.24) is 15.0 Å². The molecule has 5 nitrogen and oxygen atoms in total. The van der Waals surface area contributed by atoms with Crippen molar-refractivity contribution in [2.75, 3.05) is 6.54 Å². The maximum atomic E-state index is 12.8. The largest absolute Gasteiger partial charge is 0.360 e. The van der Waals surface area contributed by atoms with E-state index in [4.69, 9.17) is 4.52 Å². The SMILES string of the molecule is Cc1cc(-n2c(C)cc(C(=O)NCC3(c4ccccc4)CC3)c2C)no1. The summed E-state index contributed by atoms with van der Waals surface area (Å²) in [6, 6.07) is 14.2. The Balaban J connectivity index is 1.53. The Labute approximate surface area is 153 Å². The molecule has 0 atom stereocenters. The molecule has 1 N–H and O–H groups in total. The predicted octanol–water partition coefficient (Wildman–Crippen LogP) is 3.85. The monoisotopic (exact) mass is 349 g/mol. The first-order valence-electron chi connectivity index (χ1n) is 8.96. The second-order valence-electron chi connectivity index (χ2n) is 7.25. The number of nitrogens with zero attached hydrogens (tertiary/aromatic N) is 2. The summed E-state index contributed by atoms with van der Waals surface area (Å²) in [5.74, 6) is 1.42. The molecule has 0 unspecified atom stereocenters. The lowest BCUT2D eigenvalue weighted by Crippen LogP contribution is -2.32. The Bertz CT molecular complexity index is 949. The van der Waals surface area contributed by atoms with Gasteiger partial charge in [0.05, 0.1) is 5.56 Å². The molecule has 3 aromatic rings. The van der Waals surface area contributed by atoms with Crippen LogP contribution >= 0.6 is 0 Å². The number of carbonyl (C=O) groups excluding carboxylic acids is 1. The summed E-state index contributed by atoms with van der Waals surface area (Å²) in [5, 5.41) is 7.21. The quantitative estimate of drug-likeness (QED) is 0.761. The fourth-order valence-corrected chi connectivity index (χ4v) is 3.66. The highest BCUT2D eigenvalue weighted by molar-refractivity contribution is 5.96. The normalized spacial score (nSPS) is 15.0. The molecule has 2 heterocycles. The standard InChI is InChI=1S/C21H23N3O2/c1-14-11-18(16(3)24(14)19-12-15(2)26-23-19)20(25)22-13-21(9-10-21)17-7-5-4-6-8-17/h4-8,11-12H,9-10,13H2,1-3H3,(H,22,25). The number of rotatable bonds is 5. The summed E-state index contributed by atoms with van der Waals surface area (Å²) in [5.41, 5.74) is 3.94. The molecule has 0 bridgehead atoms. The van der Waals surface area contributed by atoms with E-state index in [2.05, 4.69) is 34.7 Å². The van der Waals surface area contributed by atoms with E-state index in [1.807, 2.05) is 43.5 Å². The third-order valence-corrected chi connectivity index (χ3v) is 5.35. The molecule has 4 rings (SSSR count). The van der Waals surface area contributed by atoms with Gasteiger partial charge >= 0.3 is 0 Å². The maximum absolute atomic E-state index is 12.8. The molecule has 1 aliphatic carbocycles. The van der Waals surface area contributed by atoms with E-state index in [0.29, 0.717) is 17.9 Å². The molecule has 1 amide bonds. The minimum atomic E-state index is -0.0354. The first kappa shape index (κ1) is 16.6. The second-order valence-corrected chi connectivity index (χ2v) is 7.25. The van der Waals surface area contributed by atoms with E-state index in [1.165, 1.54) is 5.56 Å². The summed E-state index contributed by atoms with van der Waals surface area (Å²) in [6.45, 7) is 6.44. The van der Waals surface area contributed by atoms with Crippen molar-refractivity contribution in [3.05, 3.63) is 70.7 Å². The fourth-order valence-electron chi connectivity index (χ4n) is 3.66. The summed E-state index contributed by atoms with van der Waals surface area (Å²) in [4.78, 5) is 12.8. The molecular formula is C21H23N3O2. The lowest BCUT2D eigenvalue weighted by Gasteiger charge is -2.16. The molecule has 0 radical (unpaired) electrons. The van der Waals surface area contributed by atoms with E-state index in [1.54, 1.807) is 0 Å². The van der Waals surface area contributed by atoms with Crippen LogP contribution in [0.2, 0.25) is 0 Å². The highest BCUT2D eigenvalue weighted by atomic mass is 16.5. The van der Waals surface area contributed by atoms with Gasteiger partial charge in [-0.1, -0.05) is 35.5 Å². The van der Waals surface area contributed by atoms with E-state index >= 15 is 0 Å². The van der Waals surface area contributed by atoms with Crippen LogP contribution in [0.5, 0.6) is 0 Å². The minimum absolute atomic E-state index is 0.0354. The number of benzene rings is 1. The van der Waals surface area contributed by atoms with Crippen molar-refractivity contribution < 1.29 is 9.32 Å². The van der Waals surface area contributed by atoms with Crippen molar-refractivity contribution in [2.45, 2.75) is 39.0 Å². The van der Waals surface area contributed by atoms with Crippen LogP contribution < -0.4 is 5.32 Å². The van der Waals surface area contributed by atoms with Gasteiger partial charge in [-0.3, -0.25) is 9.36 Å². The van der Waals surface area contributed by atoms with Crippen molar-refractivity contribution in [2.24, 2.45) is 0 Å². The van der Waals surface area contributed by atoms with Crippen molar-refractivity contribution in [1.29, 1.82) is 0 Å². The average molecular weight is 349 g/mol. The molecule has 5 heteroatoms. The Morgan fingerprint density at radius 2 is 1.92 bits per heavy atom. The molecule has 1 fully saturated rings. The molecule has 1 aliphatic rings. The molecular weight excluding hydrogens is 326 g/mol. The van der Waals surface area contributed by atoms with E-state index in [-0.39, 0.29) is 11.3 Å². The van der Waals surface area contributed by atoms with Crippen LogP contribution in [-0.2, 0) is 5.41 Å². The average Bonchev–Trinajstić information content (AvgIpc) is 3.23. The molecule has 0 aliphatic heterocycles. The first-order chi connectivity index (χ1) is 12.5. The van der Waals surface area contributed by atoms with Gasteiger partial charge in [0.15, 0.2) is 5.82 Å². The Morgan fingerprint density at radius 3 is 2.54 bits per heavy atom. The van der Waals surface area contributed by atoms with Crippen LogP contribution in [0, 0.1) is 20.8 Å². The number of aryl methyl sites for hydroxylation is 2. The van der Waals surface area contributed by atoms with Crippen LogP contribution in [0.1, 0.15) is 45.9 Å². The van der Waals surface area contributed by atoms with Crippen molar-refractivity contribution >= 4 is 5.91 Å². The third-order valence-electron chi connectivity index (χ3n) is 5.35. The van der Waals surface area contributed by atoms with Gasteiger partial charge in [0.25, 0.3) is 5.91 Å². The van der Waals surface area contributed by atoms with Crippen LogP contribution in [-0.4, -0.2) is 22.2 Å². The van der Waals surface area contributed by atoms with Gasteiger partial charge in [-0.25, -0.2) is 0 Å². The van der Waals surface area contributed by atoms with Crippen molar-refractivity contribution in [3.8, 4) is 5.82 Å². The molecule has 0 spiro atoms. The highest BCUT2D eigenvalue weighted by Gasteiger charge is 2.44. The van der Waals surface area contributed by atoms with Gasteiger partial charge in [0.2, 0.25) is 0 Å². The molecule has 1 aromatic carbocycles. The number of nitrogens with one attached hydrogen (secondary N) is 1. The number of hydrogen-bond donors (Lipinski definition) is 1. The Hall–Kier alpha value is -2.82. The van der Waals surface area contributed by atoms with E-state index in [0.717, 1.165) is 30.0 Å². The number of hydrogen-bond acceptors (Lipinski definition) is 3. The predicted molar refractivity (Wildman–Crippen MR) is 99.7 cm³/mol. The minimum Gasteiger partial charge on any atom is -0.360 e. The molecule has 0 saturated heterocycles. The smallest absolute Gasteiger partial charge is 0.253 e. The third kappa shape index (κ3) is 2.83. The van der Waals surface area contributed by atoms with Crippen LogP contribution in [0.25, 0.3) is 5.82 Å². The van der Waals surface area contributed by atoms with Crippen molar-refractivity contribution in [3.63, 3.8) is 0 Å². The van der Waals surface area contributed by atoms with Crippen LogP contribution in [0.3, 0.4) is 0 Å². The van der Waals surface area contributed by atoms with E-state index in [9.17, 15) is 4.79 Å². The molecule has 1 saturated carbocycles. The van der Waals surface area contributed by atoms with E-state index < -0.39 is 0 Å². The molecule has 26 heavy (non-hydrogen) atoms. The van der Waals surface area contributed by atoms with Crippen LogP contribution in [0.4, 0.5) is 0 Å². The molecule has 134 valence electrons. The van der Waals surface area contributed by atoms with Gasteiger partial charge in [0.1, 0.15) is 5.76 Å².